The zero-order valence-electron chi connectivity index (χ0n) is 14.3. The molecule has 5 nitrogen and oxygen atoms in total. The molecule has 3 N–H and O–H groups in total. The van der Waals surface area contributed by atoms with Crippen LogP contribution in [0.4, 0.5) is 0 Å². The van der Waals surface area contributed by atoms with Crippen LogP contribution in [-0.4, -0.2) is 18.1 Å². The number of rotatable bonds is 7. The Morgan fingerprint density at radius 2 is 2.17 bits per heavy atom. The maximum absolute atomic E-state index is 12.3. The van der Waals surface area contributed by atoms with Crippen molar-refractivity contribution in [3.05, 3.63) is 30.0 Å². The van der Waals surface area contributed by atoms with Crippen LogP contribution in [-0.2, 0) is 4.79 Å². The molecule has 0 bridgehead atoms. The summed E-state index contributed by atoms with van der Waals surface area (Å²) in [5.74, 6) is 1.23. The van der Waals surface area contributed by atoms with Gasteiger partial charge in [0.2, 0.25) is 5.91 Å². The Hall–Kier alpha value is -2.01. The van der Waals surface area contributed by atoms with E-state index in [4.69, 9.17) is 14.9 Å². The lowest BCUT2D eigenvalue weighted by atomic mass is 9.96. The molecular weight excluding hydrogens is 292 g/mol. The summed E-state index contributed by atoms with van der Waals surface area (Å²) in [6.45, 7) is 8.16. The summed E-state index contributed by atoms with van der Waals surface area (Å²) in [7, 11) is 0. The molecule has 2 atom stereocenters. The normalized spacial score (nSPS) is 15.2. The van der Waals surface area contributed by atoms with E-state index in [-0.39, 0.29) is 11.9 Å². The van der Waals surface area contributed by atoms with Crippen LogP contribution < -0.4 is 15.8 Å². The molecule has 1 aromatic heterocycles. The van der Waals surface area contributed by atoms with Gasteiger partial charge in [-0.1, -0.05) is 25.5 Å². The topological polar surface area (TPSA) is 77.5 Å². The van der Waals surface area contributed by atoms with E-state index in [0.29, 0.717) is 30.1 Å². The second kappa shape index (κ2) is 7.04. The van der Waals surface area contributed by atoms with Crippen LogP contribution in [0.2, 0.25) is 0 Å². The zero-order chi connectivity index (χ0) is 17.0. The molecule has 2 unspecified atom stereocenters. The van der Waals surface area contributed by atoms with Crippen LogP contribution in [0.15, 0.2) is 28.7 Å². The summed E-state index contributed by atoms with van der Waals surface area (Å²) in [4.78, 5) is 12.3. The molecule has 5 heteroatoms. The predicted octanol–water partition coefficient (Wildman–Crippen LogP) is 3.53. The van der Waals surface area contributed by atoms with Crippen LogP contribution in [0.3, 0.4) is 0 Å². The van der Waals surface area contributed by atoms with E-state index in [1.165, 1.54) is 0 Å². The van der Waals surface area contributed by atoms with Gasteiger partial charge in [0.05, 0.1) is 18.2 Å². The fourth-order valence-electron chi connectivity index (χ4n) is 2.60. The van der Waals surface area contributed by atoms with E-state index in [1.807, 2.05) is 45.0 Å². The lowest BCUT2D eigenvalue weighted by Crippen LogP contribution is -2.51. The SMILES string of the molecule is CCCC(C)(N)C(=O)NC(C)c1cc2cccc(OCC)c2o1. The summed E-state index contributed by atoms with van der Waals surface area (Å²) < 4.78 is 11.5. The highest BCUT2D eigenvalue weighted by Gasteiger charge is 2.29. The molecule has 0 aliphatic rings. The highest BCUT2D eigenvalue weighted by atomic mass is 16.5. The Bertz CT molecular complexity index is 676. The van der Waals surface area contributed by atoms with Gasteiger partial charge in [-0.25, -0.2) is 0 Å². The van der Waals surface area contributed by atoms with Crippen molar-refractivity contribution >= 4 is 16.9 Å². The number of para-hydroxylation sites is 1. The van der Waals surface area contributed by atoms with Crippen LogP contribution >= 0.6 is 0 Å². The highest BCUT2D eigenvalue weighted by Crippen LogP contribution is 2.31. The Morgan fingerprint density at radius 1 is 1.43 bits per heavy atom. The van der Waals surface area contributed by atoms with Crippen molar-refractivity contribution in [1.82, 2.24) is 5.32 Å². The summed E-state index contributed by atoms with van der Waals surface area (Å²) in [6, 6.07) is 7.43. The van der Waals surface area contributed by atoms with Gasteiger partial charge in [0.15, 0.2) is 11.3 Å². The van der Waals surface area contributed by atoms with Gasteiger partial charge >= 0.3 is 0 Å². The molecule has 0 aliphatic carbocycles. The van der Waals surface area contributed by atoms with Crippen LogP contribution in [0, 0.1) is 0 Å². The maximum atomic E-state index is 12.3. The van der Waals surface area contributed by atoms with E-state index in [0.717, 1.165) is 11.8 Å². The predicted molar refractivity (Wildman–Crippen MR) is 91.4 cm³/mol. The van der Waals surface area contributed by atoms with Gasteiger partial charge in [-0.3, -0.25) is 4.79 Å². The van der Waals surface area contributed by atoms with Gasteiger partial charge in [0.1, 0.15) is 5.76 Å². The molecular formula is C18H26N2O3. The first-order valence-electron chi connectivity index (χ1n) is 8.14. The Labute approximate surface area is 137 Å². The number of hydrogen-bond donors (Lipinski definition) is 2. The van der Waals surface area contributed by atoms with Crippen molar-refractivity contribution in [3.8, 4) is 5.75 Å². The smallest absolute Gasteiger partial charge is 0.240 e. The lowest BCUT2D eigenvalue weighted by molar-refractivity contribution is -0.126. The lowest BCUT2D eigenvalue weighted by Gasteiger charge is -2.24. The second-order valence-corrected chi connectivity index (χ2v) is 6.12. The van der Waals surface area contributed by atoms with Crippen molar-refractivity contribution in [3.63, 3.8) is 0 Å². The number of carbonyl (C=O) groups excluding carboxylic acids is 1. The third-order valence-electron chi connectivity index (χ3n) is 3.89. The van der Waals surface area contributed by atoms with Crippen LogP contribution in [0.25, 0.3) is 11.0 Å². The van der Waals surface area contributed by atoms with Crippen LogP contribution in [0.5, 0.6) is 5.75 Å². The molecule has 1 heterocycles. The molecule has 0 fully saturated rings. The number of fused-ring (bicyclic) bond motifs is 1. The number of ether oxygens (including phenoxy) is 1. The van der Waals surface area contributed by atoms with Crippen LogP contribution in [0.1, 0.15) is 52.3 Å². The number of benzene rings is 1. The fourth-order valence-corrected chi connectivity index (χ4v) is 2.60. The van der Waals surface area contributed by atoms with Gasteiger partial charge in [-0.2, -0.15) is 0 Å². The molecule has 0 aliphatic heterocycles. The molecule has 0 saturated heterocycles. The number of carbonyl (C=O) groups is 1. The summed E-state index contributed by atoms with van der Waals surface area (Å²) in [6.07, 6.45) is 1.50. The quantitative estimate of drug-likeness (QED) is 0.818. The first kappa shape index (κ1) is 17.3. The van der Waals surface area contributed by atoms with Crippen molar-refractivity contribution < 1.29 is 13.9 Å². The fraction of sp³-hybridized carbons (Fsp3) is 0.500. The van der Waals surface area contributed by atoms with Gasteiger partial charge in [-0.05, 0) is 39.3 Å². The zero-order valence-corrected chi connectivity index (χ0v) is 14.3. The monoisotopic (exact) mass is 318 g/mol. The van der Waals surface area contributed by atoms with Crippen molar-refractivity contribution in [1.29, 1.82) is 0 Å². The second-order valence-electron chi connectivity index (χ2n) is 6.12. The molecule has 1 aromatic carbocycles. The van der Waals surface area contributed by atoms with Gasteiger partial charge < -0.3 is 20.2 Å². The molecule has 0 saturated carbocycles. The van der Waals surface area contributed by atoms with E-state index in [2.05, 4.69) is 5.32 Å². The number of nitrogens with one attached hydrogen (secondary N) is 1. The molecule has 0 spiro atoms. The van der Waals surface area contributed by atoms with Gasteiger partial charge in [-0.15, -0.1) is 0 Å². The van der Waals surface area contributed by atoms with E-state index < -0.39 is 5.54 Å². The number of amides is 1. The summed E-state index contributed by atoms with van der Waals surface area (Å²) >= 11 is 0. The van der Waals surface area contributed by atoms with E-state index >= 15 is 0 Å². The largest absolute Gasteiger partial charge is 0.490 e. The minimum Gasteiger partial charge on any atom is -0.490 e. The van der Waals surface area contributed by atoms with Crippen molar-refractivity contribution in [2.45, 2.75) is 52.1 Å². The minimum absolute atomic E-state index is 0.169. The average molecular weight is 318 g/mol. The van der Waals surface area contributed by atoms with E-state index in [1.54, 1.807) is 6.92 Å². The number of furan rings is 1. The molecule has 1 amide bonds. The molecule has 0 radical (unpaired) electrons. The average Bonchev–Trinajstić information content (AvgIpc) is 2.92. The molecule has 2 rings (SSSR count). The van der Waals surface area contributed by atoms with Crippen molar-refractivity contribution in [2.24, 2.45) is 5.73 Å². The molecule has 126 valence electrons. The Balaban J connectivity index is 2.20. The number of hydrogen-bond acceptors (Lipinski definition) is 4. The molecule has 2 aromatic rings. The maximum Gasteiger partial charge on any atom is 0.240 e. The molecule has 23 heavy (non-hydrogen) atoms. The Kier molecular flexibility index (Phi) is 5.31. The summed E-state index contributed by atoms with van der Waals surface area (Å²) in [5.41, 5.74) is 5.91. The Morgan fingerprint density at radius 3 is 2.83 bits per heavy atom. The number of nitrogens with two attached hydrogens (primary N) is 1. The van der Waals surface area contributed by atoms with Gasteiger partial charge in [0, 0.05) is 5.39 Å². The van der Waals surface area contributed by atoms with E-state index in [9.17, 15) is 4.79 Å². The third kappa shape index (κ3) is 3.85. The minimum atomic E-state index is -0.870. The standard InChI is InChI=1S/C18H26N2O3/c1-5-10-18(4,19)17(21)20-12(3)15-11-13-8-7-9-14(22-6-2)16(13)23-15/h7-9,11-12H,5-6,10,19H2,1-4H3,(H,20,21). The summed E-state index contributed by atoms with van der Waals surface area (Å²) in [5, 5.41) is 3.89. The van der Waals surface area contributed by atoms with Crippen molar-refractivity contribution in [2.75, 3.05) is 6.61 Å². The first-order valence-corrected chi connectivity index (χ1v) is 8.14. The van der Waals surface area contributed by atoms with Gasteiger partial charge in [0.25, 0.3) is 0 Å². The third-order valence-corrected chi connectivity index (χ3v) is 3.89. The highest BCUT2D eigenvalue weighted by molar-refractivity contribution is 5.86. The first-order chi connectivity index (χ1) is 10.9.